The average Bonchev–Trinajstić information content (AvgIpc) is 2.40. The minimum atomic E-state index is -0.0935. The summed E-state index contributed by atoms with van der Waals surface area (Å²) in [5, 5.41) is 10.1. The largest absolute Gasteiger partial charge is 0.393 e. The third-order valence-electron chi connectivity index (χ3n) is 4.47. The minimum Gasteiger partial charge on any atom is -0.393 e. The molecule has 0 aromatic heterocycles. The Labute approximate surface area is 111 Å². The van der Waals surface area contributed by atoms with Crippen molar-refractivity contribution in [3.8, 4) is 0 Å². The first-order chi connectivity index (χ1) is 8.74. The fourth-order valence-electron chi connectivity index (χ4n) is 3.23. The Bertz CT molecular complexity index is 354. The molecule has 1 saturated carbocycles. The summed E-state index contributed by atoms with van der Waals surface area (Å²) in [6.07, 6.45) is 6.77. The van der Waals surface area contributed by atoms with Crippen LogP contribution in [0.2, 0.25) is 0 Å². The van der Waals surface area contributed by atoms with E-state index in [4.69, 9.17) is 0 Å². The molecule has 1 aromatic carbocycles. The van der Waals surface area contributed by atoms with Gasteiger partial charge in [0.1, 0.15) is 0 Å². The van der Waals surface area contributed by atoms with Gasteiger partial charge in [-0.15, -0.1) is 0 Å². The molecule has 3 unspecified atom stereocenters. The van der Waals surface area contributed by atoms with Crippen LogP contribution in [-0.2, 0) is 6.42 Å². The van der Waals surface area contributed by atoms with Crippen LogP contribution in [0.1, 0.15) is 63.0 Å². The topological polar surface area (TPSA) is 20.2 Å². The van der Waals surface area contributed by atoms with Crippen molar-refractivity contribution in [2.45, 2.75) is 64.4 Å². The van der Waals surface area contributed by atoms with Crippen molar-refractivity contribution in [3.63, 3.8) is 0 Å². The summed E-state index contributed by atoms with van der Waals surface area (Å²) < 4.78 is 0. The Hall–Kier alpha value is -0.820. The summed E-state index contributed by atoms with van der Waals surface area (Å²) >= 11 is 0. The number of aliphatic hydroxyl groups excluding tert-OH is 1. The summed E-state index contributed by atoms with van der Waals surface area (Å²) in [5.74, 6) is 1.10. The van der Waals surface area contributed by atoms with Gasteiger partial charge in [0.15, 0.2) is 0 Å². The maximum Gasteiger partial charge on any atom is 0.0574 e. The van der Waals surface area contributed by atoms with Crippen molar-refractivity contribution in [3.05, 3.63) is 35.4 Å². The average molecular weight is 246 g/mol. The van der Waals surface area contributed by atoms with Gasteiger partial charge >= 0.3 is 0 Å². The van der Waals surface area contributed by atoms with Crippen LogP contribution in [0.25, 0.3) is 0 Å². The molecule has 1 nitrogen and oxygen atoms in total. The fourth-order valence-corrected chi connectivity index (χ4v) is 3.23. The summed E-state index contributed by atoms with van der Waals surface area (Å²) in [6.45, 7) is 4.41. The van der Waals surface area contributed by atoms with Crippen molar-refractivity contribution in [1.82, 2.24) is 0 Å². The van der Waals surface area contributed by atoms with Gasteiger partial charge in [-0.3, -0.25) is 0 Å². The summed E-state index contributed by atoms with van der Waals surface area (Å²) in [7, 11) is 0. The molecule has 0 amide bonds. The highest BCUT2D eigenvalue weighted by molar-refractivity contribution is 5.26. The first-order valence-electron chi connectivity index (χ1n) is 7.51. The first kappa shape index (κ1) is 13.6. The lowest BCUT2D eigenvalue weighted by Crippen LogP contribution is -2.27. The molecule has 1 aliphatic rings. The highest BCUT2D eigenvalue weighted by Gasteiger charge is 2.28. The van der Waals surface area contributed by atoms with Gasteiger partial charge in [0.25, 0.3) is 0 Å². The van der Waals surface area contributed by atoms with Gasteiger partial charge in [0.2, 0.25) is 0 Å². The SMILES string of the molecule is CCCc1ccc(C2CCC(CC)C(O)C2)cc1. The molecule has 0 saturated heterocycles. The fraction of sp³-hybridized carbons (Fsp3) is 0.647. The number of hydrogen-bond acceptors (Lipinski definition) is 1. The van der Waals surface area contributed by atoms with E-state index in [1.54, 1.807) is 0 Å². The molecule has 0 aliphatic heterocycles. The molecule has 1 aliphatic carbocycles. The third-order valence-corrected chi connectivity index (χ3v) is 4.47. The monoisotopic (exact) mass is 246 g/mol. The molecule has 0 bridgehead atoms. The zero-order valence-corrected chi connectivity index (χ0v) is 11.7. The van der Waals surface area contributed by atoms with Crippen LogP contribution in [0.3, 0.4) is 0 Å². The molecule has 18 heavy (non-hydrogen) atoms. The first-order valence-corrected chi connectivity index (χ1v) is 7.51. The van der Waals surface area contributed by atoms with Gasteiger partial charge < -0.3 is 5.11 Å². The predicted octanol–water partition coefficient (Wildman–Crippen LogP) is 4.29. The Morgan fingerprint density at radius 3 is 2.39 bits per heavy atom. The van der Waals surface area contributed by atoms with Gasteiger partial charge in [-0.05, 0) is 48.6 Å². The molecule has 1 aromatic rings. The van der Waals surface area contributed by atoms with Crippen LogP contribution in [-0.4, -0.2) is 11.2 Å². The smallest absolute Gasteiger partial charge is 0.0574 e. The molecule has 0 radical (unpaired) electrons. The second-order valence-corrected chi connectivity index (χ2v) is 5.74. The van der Waals surface area contributed by atoms with E-state index >= 15 is 0 Å². The van der Waals surface area contributed by atoms with E-state index in [1.165, 1.54) is 36.8 Å². The summed E-state index contributed by atoms with van der Waals surface area (Å²) in [6, 6.07) is 9.07. The molecule has 0 spiro atoms. The van der Waals surface area contributed by atoms with Crippen LogP contribution < -0.4 is 0 Å². The van der Waals surface area contributed by atoms with Gasteiger partial charge in [0.05, 0.1) is 6.10 Å². The van der Waals surface area contributed by atoms with Gasteiger partial charge in [-0.1, -0.05) is 51.0 Å². The third kappa shape index (κ3) is 3.14. The van der Waals surface area contributed by atoms with Gasteiger partial charge in [-0.25, -0.2) is 0 Å². The Balaban J connectivity index is 1.99. The molecule has 100 valence electrons. The lowest BCUT2D eigenvalue weighted by atomic mass is 9.76. The second kappa shape index (κ2) is 6.38. The summed E-state index contributed by atoms with van der Waals surface area (Å²) in [5.41, 5.74) is 2.85. The maximum atomic E-state index is 10.1. The molecular weight excluding hydrogens is 220 g/mol. The Kier molecular flexibility index (Phi) is 4.82. The van der Waals surface area contributed by atoms with Gasteiger partial charge in [-0.2, -0.15) is 0 Å². The van der Waals surface area contributed by atoms with E-state index < -0.39 is 0 Å². The highest BCUT2D eigenvalue weighted by atomic mass is 16.3. The standard InChI is InChI=1S/C17H26O/c1-3-5-13-6-8-15(9-7-13)16-11-10-14(4-2)17(18)12-16/h6-9,14,16-18H,3-5,10-12H2,1-2H3. The van der Waals surface area contributed by atoms with E-state index in [-0.39, 0.29) is 6.10 Å². The zero-order chi connectivity index (χ0) is 13.0. The molecule has 1 fully saturated rings. The van der Waals surface area contributed by atoms with Gasteiger partial charge in [0, 0.05) is 0 Å². The van der Waals surface area contributed by atoms with E-state index in [1.807, 2.05) is 0 Å². The number of hydrogen-bond donors (Lipinski definition) is 1. The highest BCUT2D eigenvalue weighted by Crippen LogP contribution is 2.37. The number of rotatable bonds is 4. The van der Waals surface area contributed by atoms with Crippen molar-refractivity contribution >= 4 is 0 Å². The van der Waals surface area contributed by atoms with Crippen LogP contribution in [0.15, 0.2) is 24.3 Å². The maximum absolute atomic E-state index is 10.1. The van der Waals surface area contributed by atoms with Crippen LogP contribution in [0.5, 0.6) is 0 Å². The minimum absolute atomic E-state index is 0.0935. The van der Waals surface area contributed by atoms with E-state index in [0.717, 1.165) is 12.8 Å². The predicted molar refractivity (Wildman–Crippen MR) is 76.8 cm³/mol. The van der Waals surface area contributed by atoms with E-state index in [2.05, 4.69) is 38.1 Å². The zero-order valence-electron chi connectivity index (χ0n) is 11.7. The van der Waals surface area contributed by atoms with Crippen LogP contribution in [0.4, 0.5) is 0 Å². The summed E-state index contributed by atoms with van der Waals surface area (Å²) in [4.78, 5) is 0. The molecular formula is C17H26O. The molecule has 3 atom stereocenters. The molecule has 2 rings (SSSR count). The van der Waals surface area contributed by atoms with Crippen molar-refractivity contribution in [2.75, 3.05) is 0 Å². The van der Waals surface area contributed by atoms with Crippen molar-refractivity contribution in [2.24, 2.45) is 5.92 Å². The lowest BCUT2D eigenvalue weighted by molar-refractivity contribution is 0.0586. The second-order valence-electron chi connectivity index (χ2n) is 5.74. The molecule has 1 heteroatoms. The quantitative estimate of drug-likeness (QED) is 0.840. The van der Waals surface area contributed by atoms with Crippen molar-refractivity contribution in [1.29, 1.82) is 0 Å². The number of benzene rings is 1. The van der Waals surface area contributed by atoms with Crippen LogP contribution in [0, 0.1) is 5.92 Å². The Morgan fingerprint density at radius 2 is 1.83 bits per heavy atom. The van der Waals surface area contributed by atoms with E-state index in [9.17, 15) is 5.11 Å². The number of aliphatic hydroxyl groups is 1. The molecule has 1 N–H and O–H groups in total. The Morgan fingerprint density at radius 1 is 1.11 bits per heavy atom. The number of aryl methyl sites for hydroxylation is 1. The lowest BCUT2D eigenvalue weighted by Gasteiger charge is -2.32. The normalized spacial score (nSPS) is 28.3. The van der Waals surface area contributed by atoms with Crippen molar-refractivity contribution < 1.29 is 5.11 Å². The van der Waals surface area contributed by atoms with Crippen LogP contribution >= 0.6 is 0 Å². The van der Waals surface area contributed by atoms with E-state index in [0.29, 0.717) is 11.8 Å². The molecule has 0 heterocycles.